The molecule has 1 saturated heterocycles. The maximum Gasteiger partial charge on any atom is 0.407 e. The molecule has 3 N–H and O–H groups in total. The minimum absolute atomic E-state index is 0.0207. The van der Waals surface area contributed by atoms with Crippen LogP contribution in [0.25, 0.3) is 0 Å². The lowest BCUT2D eigenvalue weighted by Crippen LogP contribution is -2.53. The van der Waals surface area contributed by atoms with Gasteiger partial charge >= 0.3 is 6.09 Å². The van der Waals surface area contributed by atoms with Crippen LogP contribution in [0.1, 0.15) is 86.5 Å². The van der Waals surface area contributed by atoms with Gasteiger partial charge in [-0.3, -0.25) is 0 Å². The number of hydrogen-bond donors (Lipinski definition) is 3. The van der Waals surface area contributed by atoms with E-state index in [2.05, 4.69) is 11.4 Å². The van der Waals surface area contributed by atoms with Crippen LogP contribution in [0.15, 0.2) is 12.2 Å². The number of hydrogen-bond acceptors (Lipinski definition) is 6. The Morgan fingerprint density at radius 2 is 1.79 bits per heavy atom. The molecule has 3 fully saturated rings. The SMILES string of the molecule is C[C@H](CCCC(O)/C=C/[C@@H]1[C@H]2CCCC[C@@H]2[C@H]2OC(C)(C)O[C@H]2[C@@H]1CO)NC(=O)OC(C)(C)C. The highest BCUT2D eigenvalue weighted by atomic mass is 16.8. The third-order valence-corrected chi connectivity index (χ3v) is 7.54. The number of aliphatic hydroxyl groups is 2. The molecule has 1 amide bonds. The fraction of sp³-hybridized carbons (Fsp3) is 0.889. The average molecular weight is 482 g/mol. The van der Waals surface area contributed by atoms with Crippen LogP contribution < -0.4 is 5.32 Å². The van der Waals surface area contributed by atoms with Crippen LogP contribution in [-0.2, 0) is 14.2 Å². The van der Waals surface area contributed by atoms with E-state index in [1.807, 2.05) is 47.6 Å². The molecule has 3 rings (SSSR count). The summed E-state index contributed by atoms with van der Waals surface area (Å²) in [6, 6.07) is -0.0223. The highest BCUT2D eigenvalue weighted by Crippen LogP contribution is 2.53. The Morgan fingerprint density at radius 1 is 1.15 bits per heavy atom. The van der Waals surface area contributed by atoms with Crippen molar-refractivity contribution in [3.63, 3.8) is 0 Å². The topological polar surface area (TPSA) is 97.3 Å². The summed E-state index contributed by atoms with van der Waals surface area (Å²) >= 11 is 0. The zero-order valence-electron chi connectivity index (χ0n) is 22.0. The van der Waals surface area contributed by atoms with Crippen molar-refractivity contribution in [3.8, 4) is 0 Å². The van der Waals surface area contributed by atoms with Crippen molar-refractivity contribution in [1.82, 2.24) is 5.32 Å². The maximum absolute atomic E-state index is 11.9. The van der Waals surface area contributed by atoms with E-state index in [1.54, 1.807) is 0 Å². The fourth-order valence-corrected chi connectivity index (χ4v) is 6.17. The summed E-state index contributed by atoms with van der Waals surface area (Å²) < 4.78 is 17.9. The number of nitrogens with one attached hydrogen (secondary N) is 1. The van der Waals surface area contributed by atoms with Crippen molar-refractivity contribution in [1.29, 1.82) is 0 Å². The summed E-state index contributed by atoms with van der Waals surface area (Å²) in [7, 11) is 0. The maximum atomic E-state index is 11.9. The number of fused-ring (bicyclic) bond motifs is 3. The van der Waals surface area contributed by atoms with E-state index in [0.29, 0.717) is 18.3 Å². The molecular formula is C27H47NO6. The van der Waals surface area contributed by atoms with Gasteiger partial charge in [-0.2, -0.15) is 0 Å². The summed E-state index contributed by atoms with van der Waals surface area (Å²) in [5, 5.41) is 23.8. The molecule has 2 aliphatic carbocycles. The quantitative estimate of drug-likeness (QED) is 0.440. The average Bonchev–Trinajstić information content (AvgIpc) is 3.05. The Balaban J connectivity index is 1.54. The lowest BCUT2D eigenvalue weighted by atomic mass is 9.59. The second-order valence-electron chi connectivity index (χ2n) is 12.0. The summed E-state index contributed by atoms with van der Waals surface area (Å²) in [4.78, 5) is 11.9. The zero-order chi connectivity index (χ0) is 25.1. The molecule has 3 aliphatic rings. The van der Waals surface area contributed by atoms with Gasteiger partial charge in [-0.15, -0.1) is 0 Å². The van der Waals surface area contributed by atoms with Gasteiger partial charge in [0.1, 0.15) is 5.60 Å². The molecule has 0 radical (unpaired) electrons. The smallest absolute Gasteiger partial charge is 0.407 e. The van der Waals surface area contributed by atoms with Crippen LogP contribution in [0, 0.1) is 23.7 Å². The van der Waals surface area contributed by atoms with Gasteiger partial charge in [-0.1, -0.05) is 25.0 Å². The first-order valence-electron chi connectivity index (χ1n) is 13.2. The number of allylic oxidation sites excluding steroid dienone is 1. The number of aliphatic hydroxyl groups excluding tert-OH is 2. The van der Waals surface area contributed by atoms with Gasteiger partial charge < -0.3 is 29.7 Å². The minimum atomic E-state index is -0.618. The molecule has 0 aromatic carbocycles. The largest absolute Gasteiger partial charge is 0.444 e. The van der Waals surface area contributed by atoms with E-state index in [1.165, 1.54) is 12.8 Å². The Morgan fingerprint density at radius 3 is 2.44 bits per heavy atom. The summed E-state index contributed by atoms with van der Waals surface area (Å²) in [5.74, 6) is 0.428. The van der Waals surface area contributed by atoms with Crippen LogP contribution in [0.4, 0.5) is 4.79 Å². The molecule has 2 saturated carbocycles. The van der Waals surface area contributed by atoms with Gasteiger partial charge in [0.15, 0.2) is 5.79 Å². The molecule has 34 heavy (non-hydrogen) atoms. The van der Waals surface area contributed by atoms with Gasteiger partial charge in [-0.05, 0) is 91.4 Å². The molecule has 0 spiro atoms. The molecule has 7 heteroatoms. The molecule has 7 nitrogen and oxygen atoms in total. The van der Waals surface area contributed by atoms with E-state index in [0.717, 1.165) is 25.7 Å². The third-order valence-electron chi connectivity index (χ3n) is 7.54. The number of alkyl carbamates (subject to hydrolysis) is 1. The molecule has 0 aromatic rings. The second-order valence-corrected chi connectivity index (χ2v) is 12.0. The van der Waals surface area contributed by atoms with Gasteiger partial charge in [-0.25, -0.2) is 4.79 Å². The predicted molar refractivity (Wildman–Crippen MR) is 131 cm³/mol. The monoisotopic (exact) mass is 481 g/mol. The van der Waals surface area contributed by atoms with Crippen LogP contribution >= 0.6 is 0 Å². The standard InChI is InChI=1S/C27H47NO6/c1-17(28-25(31)34-26(2,3)4)10-9-11-18(30)14-15-20-19-12-7-8-13-21(19)23-24(22(20)16-29)33-27(5,6)32-23/h14-15,17-24,29-30H,7-13,16H2,1-6H3,(H,28,31)/b15-14+/t17-,18?,19-,20-,21+,22-,23-,24+/m1/s1. The van der Waals surface area contributed by atoms with Gasteiger partial charge in [0.05, 0.1) is 18.3 Å². The lowest BCUT2D eigenvalue weighted by Gasteiger charge is -2.49. The summed E-state index contributed by atoms with van der Waals surface area (Å²) in [6.07, 6.45) is 9.90. The number of rotatable bonds is 8. The van der Waals surface area contributed by atoms with Crippen molar-refractivity contribution >= 4 is 6.09 Å². The Labute approximate surface area is 205 Å². The van der Waals surface area contributed by atoms with Gasteiger partial charge in [0.2, 0.25) is 0 Å². The Hall–Kier alpha value is -1.15. The molecule has 1 unspecified atom stereocenters. The Bertz CT molecular complexity index is 702. The van der Waals surface area contributed by atoms with Crippen molar-refractivity contribution in [2.45, 2.75) is 122 Å². The number of amides is 1. The van der Waals surface area contributed by atoms with Crippen molar-refractivity contribution in [3.05, 3.63) is 12.2 Å². The molecule has 0 bridgehead atoms. The van der Waals surface area contributed by atoms with Crippen LogP contribution in [0.3, 0.4) is 0 Å². The second kappa shape index (κ2) is 11.3. The number of ether oxygens (including phenoxy) is 3. The van der Waals surface area contributed by atoms with E-state index in [4.69, 9.17) is 14.2 Å². The zero-order valence-corrected chi connectivity index (χ0v) is 22.0. The van der Waals surface area contributed by atoms with E-state index >= 15 is 0 Å². The molecule has 196 valence electrons. The van der Waals surface area contributed by atoms with E-state index < -0.39 is 23.6 Å². The van der Waals surface area contributed by atoms with E-state index in [-0.39, 0.29) is 36.7 Å². The summed E-state index contributed by atoms with van der Waals surface area (Å²) in [5.41, 5.74) is -0.515. The molecule has 0 aromatic heterocycles. The third kappa shape index (κ3) is 7.19. The number of carbonyl (C=O) groups is 1. The van der Waals surface area contributed by atoms with Crippen molar-refractivity contribution in [2.24, 2.45) is 23.7 Å². The first-order valence-corrected chi connectivity index (χ1v) is 13.2. The van der Waals surface area contributed by atoms with Gasteiger partial charge in [0, 0.05) is 18.6 Å². The predicted octanol–water partition coefficient (Wildman–Crippen LogP) is 4.55. The van der Waals surface area contributed by atoms with Crippen molar-refractivity contribution < 1.29 is 29.2 Å². The summed E-state index contributed by atoms with van der Waals surface area (Å²) in [6.45, 7) is 11.5. The molecule has 1 heterocycles. The first kappa shape index (κ1) is 27.4. The molecule has 8 atom stereocenters. The highest BCUT2D eigenvalue weighted by Gasteiger charge is 2.57. The first-order chi connectivity index (χ1) is 15.9. The fourth-order valence-electron chi connectivity index (χ4n) is 6.17. The van der Waals surface area contributed by atoms with Gasteiger partial charge in [0.25, 0.3) is 0 Å². The van der Waals surface area contributed by atoms with Crippen LogP contribution in [0.5, 0.6) is 0 Å². The van der Waals surface area contributed by atoms with Crippen LogP contribution in [0.2, 0.25) is 0 Å². The Kier molecular flexibility index (Phi) is 9.10. The number of carbonyl (C=O) groups excluding carboxylic acids is 1. The lowest BCUT2D eigenvalue weighted by molar-refractivity contribution is -0.153. The molecular weight excluding hydrogens is 434 g/mol. The van der Waals surface area contributed by atoms with Crippen molar-refractivity contribution in [2.75, 3.05) is 6.61 Å². The van der Waals surface area contributed by atoms with Crippen LogP contribution in [-0.4, -0.2) is 58.7 Å². The minimum Gasteiger partial charge on any atom is -0.444 e. The molecule has 1 aliphatic heterocycles. The normalized spacial score (nSPS) is 34.8. The highest BCUT2D eigenvalue weighted by molar-refractivity contribution is 5.67. The van der Waals surface area contributed by atoms with E-state index in [9.17, 15) is 15.0 Å².